The fourth-order valence-corrected chi connectivity index (χ4v) is 13.3. The summed E-state index contributed by atoms with van der Waals surface area (Å²) in [4.78, 5) is 80.9. The van der Waals surface area contributed by atoms with Crippen LogP contribution in [0.3, 0.4) is 0 Å². The monoisotopic (exact) mass is 1150 g/mol. The summed E-state index contributed by atoms with van der Waals surface area (Å²) >= 11 is 2.67. The Bertz CT molecular complexity index is 3250. The van der Waals surface area contributed by atoms with Gasteiger partial charge in [-0.2, -0.15) is 0 Å². The second-order valence-electron chi connectivity index (χ2n) is 20.0. The smallest absolute Gasteiger partial charge is 0.329 e. The minimum Gasteiger partial charge on any atom is -0.353 e. The highest BCUT2D eigenvalue weighted by atomic mass is 32.2. The van der Waals surface area contributed by atoms with Gasteiger partial charge in [-0.3, -0.25) is 18.7 Å². The Morgan fingerprint density at radius 1 is 0.380 bits per heavy atom. The maximum Gasteiger partial charge on any atom is 0.329 e. The second-order valence-corrected chi connectivity index (χ2v) is 27.7. The average Bonchev–Trinajstić information content (AvgIpc) is 3.40. The Morgan fingerprint density at radius 3 is 0.810 bits per heavy atom. The van der Waals surface area contributed by atoms with Gasteiger partial charge in [-0.1, -0.05) is 242 Å². The molecule has 0 fully saturated rings. The molecule has 0 aliphatic heterocycles. The molecule has 6 N–H and O–H groups in total. The van der Waals surface area contributed by atoms with Crippen LogP contribution in [-0.4, -0.2) is 45.9 Å². The maximum atomic E-state index is 11.6. The quantitative estimate of drug-likeness (QED) is 0.0332. The molecule has 0 saturated carbocycles. The predicted octanol–water partition coefficient (Wildman–Crippen LogP) is 14.0. The van der Waals surface area contributed by atoms with Crippen molar-refractivity contribution >= 4 is 62.6 Å². The molecule has 8 aromatic rings. The average molecular weight is 1150 g/mol. The third kappa shape index (κ3) is 16.0. The molecular formula is C64H67O10P3S2. The first-order chi connectivity index (χ1) is 37.4. The van der Waals surface area contributed by atoms with Gasteiger partial charge in [0.1, 0.15) is 7.34 Å². The van der Waals surface area contributed by atoms with E-state index in [1.54, 1.807) is 38.1 Å². The van der Waals surface area contributed by atoms with E-state index in [2.05, 4.69) is 117 Å². The lowest BCUT2D eigenvalue weighted by Gasteiger charge is -2.37. The van der Waals surface area contributed by atoms with Crippen molar-refractivity contribution in [2.24, 2.45) is 0 Å². The SMILES string of the molecule is C=P(O)(O)Cc1ccc(C(c2ccc(C)cc2)(c2ccc(CP(=O)(O)O)cc2)c2ccc(CP(=O)(O)O)cc2)cc1.CCc1ccc(C(c2ccc(C)cc2)(c2ccc(CSC(C)=O)cc2)c2ccc(CSC(C)=O)cc2)cc1. The molecule has 0 bridgehead atoms. The van der Waals surface area contributed by atoms with E-state index in [0.717, 1.165) is 45.4 Å². The van der Waals surface area contributed by atoms with Crippen LogP contribution in [0.4, 0.5) is 0 Å². The third-order valence-corrected chi connectivity index (χ3v) is 18.0. The molecule has 79 heavy (non-hydrogen) atoms. The molecule has 410 valence electrons. The zero-order chi connectivity index (χ0) is 57.2. The predicted molar refractivity (Wildman–Crippen MR) is 326 cm³/mol. The Kier molecular flexibility index (Phi) is 20.3. The molecule has 0 heterocycles. The molecule has 0 aromatic heterocycles. The topological polar surface area (TPSA) is 190 Å². The Hall–Kier alpha value is -5.68. The van der Waals surface area contributed by atoms with Crippen LogP contribution in [0.2, 0.25) is 0 Å². The van der Waals surface area contributed by atoms with Gasteiger partial charge in [0.25, 0.3) is 0 Å². The van der Waals surface area contributed by atoms with E-state index in [4.69, 9.17) is 0 Å². The van der Waals surface area contributed by atoms with E-state index in [-0.39, 0.29) is 16.4 Å². The first-order valence-electron chi connectivity index (χ1n) is 25.6. The lowest BCUT2D eigenvalue weighted by molar-refractivity contribution is -0.109. The van der Waals surface area contributed by atoms with Crippen molar-refractivity contribution in [2.45, 2.75) is 81.9 Å². The molecule has 0 saturated heterocycles. The summed E-state index contributed by atoms with van der Waals surface area (Å²) in [5.41, 5.74) is 14.1. The fraction of sp³-hybridized carbons (Fsp3) is 0.203. The minimum atomic E-state index is -4.28. The zero-order valence-corrected chi connectivity index (χ0v) is 49.2. The van der Waals surface area contributed by atoms with Gasteiger partial charge in [0.2, 0.25) is 0 Å². The lowest BCUT2D eigenvalue weighted by atomic mass is 9.65. The van der Waals surface area contributed by atoms with E-state index in [1.165, 1.54) is 56.9 Å². The molecule has 0 aliphatic carbocycles. The molecule has 0 spiro atoms. The van der Waals surface area contributed by atoms with Gasteiger partial charge in [0.15, 0.2) is 10.2 Å². The number of rotatable bonds is 19. The van der Waals surface area contributed by atoms with Crippen molar-refractivity contribution in [3.05, 3.63) is 283 Å². The largest absolute Gasteiger partial charge is 0.353 e. The molecule has 8 rings (SSSR count). The minimum absolute atomic E-state index is 0.0267. The van der Waals surface area contributed by atoms with Crippen LogP contribution in [-0.2, 0) is 66.0 Å². The highest BCUT2D eigenvalue weighted by molar-refractivity contribution is 8.13. The van der Waals surface area contributed by atoms with E-state index in [0.29, 0.717) is 28.2 Å². The molecule has 0 atom stereocenters. The van der Waals surface area contributed by atoms with E-state index >= 15 is 0 Å². The Morgan fingerprint density at radius 2 is 0.595 bits per heavy atom. The number of hydrogen-bond acceptors (Lipinski definition) is 8. The standard InChI is InChI=1S/C34H34O2S2.C30H33O8P3/c1-5-27-8-16-31(17-9-27)34(30-14-6-24(2)7-15-30,32-18-10-28(11-19-32)22-37-25(3)35)33-20-12-29(13-21-33)23-38-26(4)36;1-22-3-11-26(12-4-22)30(27-13-5-23(6-14-27)19-39(2,31)32,28-15-7-24(8-16-28)20-40(33,34)35)29-17-9-25(10-18-29)21-41(36,37)38/h6-21H,5,22-23H2,1-4H3;3-18,31-32H,2,19-21H2,1H3,(H2,33,34,35)(H2,36,37,38). The molecule has 0 amide bonds. The van der Waals surface area contributed by atoms with Crippen molar-refractivity contribution < 1.29 is 48.1 Å². The van der Waals surface area contributed by atoms with Crippen LogP contribution in [0, 0.1) is 13.8 Å². The fourth-order valence-electron chi connectivity index (χ4n) is 10.0. The molecule has 10 nitrogen and oxygen atoms in total. The first kappa shape index (κ1) is 61.0. The van der Waals surface area contributed by atoms with Gasteiger partial charge in [-0.25, -0.2) is 0 Å². The van der Waals surface area contributed by atoms with Gasteiger partial charge in [0, 0.05) is 31.5 Å². The van der Waals surface area contributed by atoms with Gasteiger partial charge in [-0.05, 0) is 98.2 Å². The van der Waals surface area contributed by atoms with Crippen LogP contribution >= 0.6 is 46.1 Å². The first-order valence-corrected chi connectivity index (χ1v) is 33.3. The van der Waals surface area contributed by atoms with Crippen LogP contribution in [0.1, 0.15) is 110 Å². The van der Waals surface area contributed by atoms with Gasteiger partial charge in [0.05, 0.1) is 23.2 Å². The highest BCUT2D eigenvalue weighted by Gasteiger charge is 2.40. The Labute approximate surface area is 472 Å². The summed E-state index contributed by atoms with van der Waals surface area (Å²) in [5, 5.41) is 0.254. The normalized spacial score (nSPS) is 12.1. The number of hydrogen-bond donors (Lipinski definition) is 6. The molecular weight excluding hydrogens is 1090 g/mol. The van der Waals surface area contributed by atoms with Gasteiger partial charge in [-0.15, -0.1) is 0 Å². The molecule has 0 aliphatic rings. The number of carbonyl (C=O) groups is 2. The zero-order valence-electron chi connectivity index (χ0n) is 44.9. The molecule has 8 aromatic carbocycles. The van der Waals surface area contributed by atoms with Crippen LogP contribution in [0.15, 0.2) is 194 Å². The third-order valence-electron chi connectivity index (χ3n) is 13.8. The van der Waals surface area contributed by atoms with Crippen LogP contribution < -0.4 is 0 Å². The molecule has 0 radical (unpaired) electrons. The molecule has 0 unspecified atom stereocenters. The number of benzene rings is 8. The maximum absolute atomic E-state index is 11.6. The highest BCUT2D eigenvalue weighted by Crippen LogP contribution is 2.49. The molecule has 15 heteroatoms. The summed E-state index contributed by atoms with van der Waals surface area (Å²) in [7, 11) is -11.8. The van der Waals surface area contributed by atoms with Gasteiger partial charge >= 0.3 is 15.2 Å². The van der Waals surface area contributed by atoms with Crippen molar-refractivity contribution in [1.82, 2.24) is 0 Å². The summed E-state index contributed by atoms with van der Waals surface area (Å²) in [5.74, 6) is 1.34. The lowest BCUT2D eigenvalue weighted by Crippen LogP contribution is -2.31. The van der Waals surface area contributed by atoms with Crippen molar-refractivity contribution in [3.63, 3.8) is 0 Å². The number of aryl methyl sites for hydroxylation is 3. The summed E-state index contributed by atoms with van der Waals surface area (Å²) in [6, 6.07) is 64.7. The van der Waals surface area contributed by atoms with Crippen LogP contribution in [0.5, 0.6) is 0 Å². The van der Waals surface area contributed by atoms with E-state index in [9.17, 15) is 48.1 Å². The van der Waals surface area contributed by atoms with Crippen molar-refractivity contribution in [1.29, 1.82) is 0 Å². The summed E-state index contributed by atoms with van der Waals surface area (Å²) < 4.78 is 23.3. The summed E-state index contributed by atoms with van der Waals surface area (Å²) in [6.45, 7) is 9.49. The van der Waals surface area contributed by atoms with E-state index in [1.807, 2.05) is 79.7 Å². The second kappa shape index (κ2) is 26.3. The Balaban J connectivity index is 0.000000229. The van der Waals surface area contributed by atoms with Gasteiger partial charge < -0.3 is 29.4 Å². The van der Waals surface area contributed by atoms with Crippen LogP contribution in [0.25, 0.3) is 0 Å². The number of carbonyl (C=O) groups excluding carboxylic acids is 2. The van der Waals surface area contributed by atoms with E-state index < -0.39 is 45.7 Å². The number of thioether (sulfide) groups is 2. The van der Waals surface area contributed by atoms with Crippen molar-refractivity contribution in [2.75, 3.05) is 0 Å². The summed E-state index contributed by atoms with van der Waals surface area (Å²) in [6.07, 6.45) is 3.69. The van der Waals surface area contributed by atoms with Crippen molar-refractivity contribution in [3.8, 4) is 0 Å².